The number of hydrogen-bond donors (Lipinski definition) is 0. The van der Waals surface area contributed by atoms with Crippen LogP contribution >= 0.6 is 7.92 Å². The molecule has 2 aromatic rings. The maximum absolute atomic E-state index is 2.44. The lowest BCUT2D eigenvalue weighted by atomic mass is 10.00. The van der Waals surface area contributed by atoms with E-state index in [1.165, 1.54) is 44.9 Å². The van der Waals surface area contributed by atoms with Crippen LogP contribution in [0.25, 0.3) is 0 Å². The van der Waals surface area contributed by atoms with Gasteiger partial charge in [0.1, 0.15) is 0 Å². The van der Waals surface area contributed by atoms with Gasteiger partial charge in [-0.3, -0.25) is 0 Å². The first-order valence-electron chi connectivity index (χ1n) is 9.89. The Labute approximate surface area is 155 Å². The van der Waals surface area contributed by atoms with Crippen LogP contribution in [0.4, 0.5) is 0 Å². The third kappa shape index (κ3) is 5.55. The van der Waals surface area contributed by atoms with Gasteiger partial charge in [0, 0.05) is 0 Å². The molecule has 0 spiro atoms. The predicted octanol–water partition coefficient (Wildman–Crippen LogP) is 6.42. The third-order valence-electron chi connectivity index (χ3n) is 5.29. The Bertz CT molecular complexity index is 592. The molecule has 0 aromatic heterocycles. The standard InChI is InChI=1S/C24H31P/c1-21-13-5-2-6-15-24(20-12-11-14-21)25(22-16-7-3-8-17-22)23-18-9-4-10-19-23/h2-5,7-10,16-19,21,24H,6,11-15,20H2,1H3/b5-2-/t21-,24+/m1/s1. The van der Waals surface area contributed by atoms with E-state index in [-0.39, 0.29) is 7.92 Å². The van der Waals surface area contributed by atoms with Gasteiger partial charge in [0.15, 0.2) is 0 Å². The summed E-state index contributed by atoms with van der Waals surface area (Å²) in [6, 6.07) is 22.5. The molecule has 0 amide bonds. The van der Waals surface area contributed by atoms with Gasteiger partial charge >= 0.3 is 0 Å². The third-order valence-corrected chi connectivity index (χ3v) is 8.25. The minimum Gasteiger partial charge on any atom is -0.0885 e. The fourth-order valence-electron chi connectivity index (χ4n) is 3.88. The number of rotatable bonds is 3. The summed E-state index contributed by atoms with van der Waals surface area (Å²) in [5, 5.41) is 3.09. The highest BCUT2D eigenvalue weighted by atomic mass is 31.1. The minimum atomic E-state index is -0.272. The van der Waals surface area contributed by atoms with E-state index in [2.05, 4.69) is 79.7 Å². The molecule has 0 radical (unpaired) electrons. The summed E-state index contributed by atoms with van der Waals surface area (Å²) in [6.45, 7) is 2.40. The summed E-state index contributed by atoms with van der Waals surface area (Å²) in [5.41, 5.74) is 0.790. The highest BCUT2D eigenvalue weighted by molar-refractivity contribution is 7.73. The average molecular weight is 350 g/mol. The van der Waals surface area contributed by atoms with E-state index in [0.29, 0.717) is 0 Å². The fourth-order valence-corrected chi connectivity index (χ4v) is 6.85. The molecule has 1 heteroatoms. The summed E-state index contributed by atoms with van der Waals surface area (Å²) in [6.07, 6.45) is 14.2. The SMILES string of the molecule is C[C@@H]1C/C=C\CC[C@H](P(c2ccccc2)c2ccccc2)CCCC1. The molecule has 0 heterocycles. The van der Waals surface area contributed by atoms with Gasteiger partial charge in [-0.1, -0.05) is 99.0 Å². The van der Waals surface area contributed by atoms with Crippen molar-refractivity contribution in [2.24, 2.45) is 5.92 Å². The van der Waals surface area contributed by atoms with E-state index in [4.69, 9.17) is 0 Å². The first-order valence-corrected chi connectivity index (χ1v) is 11.3. The summed E-state index contributed by atoms with van der Waals surface area (Å²) in [5.74, 6) is 0.845. The van der Waals surface area contributed by atoms with Gasteiger partial charge in [0.2, 0.25) is 0 Å². The van der Waals surface area contributed by atoms with Gasteiger partial charge in [0.25, 0.3) is 0 Å². The molecule has 0 unspecified atom stereocenters. The second-order valence-electron chi connectivity index (χ2n) is 7.37. The van der Waals surface area contributed by atoms with Crippen LogP contribution in [0.2, 0.25) is 0 Å². The zero-order valence-electron chi connectivity index (χ0n) is 15.5. The van der Waals surface area contributed by atoms with Crippen molar-refractivity contribution in [1.29, 1.82) is 0 Å². The zero-order valence-corrected chi connectivity index (χ0v) is 16.4. The summed E-state index contributed by atoms with van der Waals surface area (Å²) >= 11 is 0. The lowest BCUT2D eigenvalue weighted by Crippen LogP contribution is -2.22. The Balaban J connectivity index is 1.85. The molecule has 0 N–H and O–H groups in total. The zero-order chi connectivity index (χ0) is 17.3. The largest absolute Gasteiger partial charge is 0.0885 e. The van der Waals surface area contributed by atoms with Crippen LogP contribution in [0, 0.1) is 5.92 Å². The maximum Gasteiger partial charge on any atom is -0.0126 e. The van der Waals surface area contributed by atoms with Crippen molar-refractivity contribution in [3.8, 4) is 0 Å². The van der Waals surface area contributed by atoms with Crippen molar-refractivity contribution >= 4 is 18.5 Å². The van der Waals surface area contributed by atoms with Crippen molar-refractivity contribution in [1.82, 2.24) is 0 Å². The Kier molecular flexibility index (Phi) is 7.31. The summed E-state index contributed by atoms with van der Waals surface area (Å²) < 4.78 is 0. The molecule has 0 nitrogen and oxygen atoms in total. The molecule has 0 saturated heterocycles. The van der Waals surface area contributed by atoms with Crippen molar-refractivity contribution in [3.63, 3.8) is 0 Å². The van der Waals surface area contributed by atoms with Crippen LogP contribution in [0.3, 0.4) is 0 Å². The normalized spacial score (nSPS) is 23.8. The first-order chi connectivity index (χ1) is 12.3. The quantitative estimate of drug-likeness (QED) is 0.442. The molecule has 0 saturated carbocycles. The lowest BCUT2D eigenvalue weighted by Gasteiger charge is -2.29. The fraction of sp³-hybridized carbons (Fsp3) is 0.417. The Hall–Kier alpha value is -1.39. The molecular weight excluding hydrogens is 319 g/mol. The van der Waals surface area contributed by atoms with Crippen LogP contribution in [0.5, 0.6) is 0 Å². The Morgan fingerprint density at radius 3 is 1.96 bits per heavy atom. The van der Waals surface area contributed by atoms with Crippen molar-refractivity contribution in [3.05, 3.63) is 72.8 Å². The maximum atomic E-state index is 2.44. The topological polar surface area (TPSA) is 0 Å². The van der Waals surface area contributed by atoms with Gasteiger partial charge < -0.3 is 0 Å². The van der Waals surface area contributed by atoms with E-state index in [1.807, 2.05) is 0 Å². The molecule has 132 valence electrons. The molecular formula is C24H31P. The Morgan fingerprint density at radius 1 is 0.720 bits per heavy atom. The van der Waals surface area contributed by atoms with E-state index >= 15 is 0 Å². The molecule has 0 aliphatic heterocycles. The molecule has 0 fully saturated rings. The minimum absolute atomic E-state index is 0.272. The number of hydrogen-bond acceptors (Lipinski definition) is 0. The van der Waals surface area contributed by atoms with Crippen LogP contribution < -0.4 is 10.6 Å². The van der Waals surface area contributed by atoms with Gasteiger partial charge in [0.05, 0.1) is 0 Å². The highest BCUT2D eigenvalue weighted by Gasteiger charge is 2.24. The molecule has 25 heavy (non-hydrogen) atoms. The number of benzene rings is 2. The van der Waals surface area contributed by atoms with E-state index < -0.39 is 0 Å². The second-order valence-corrected chi connectivity index (χ2v) is 9.87. The highest BCUT2D eigenvalue weighted by Crippen LogP contribution is 2.44. The van der Waals surface area contributed by atoms with E-state index in [1.54, 1.807) is 10.6 Å². The summed E-state index contributed by atoms with van der Waals surface area (Å²) in [4.78, 5) is 0. The van der Waals surface area contributed by atoms with Gasteiger partial charge in [-0.05, 0) is 55.8 Å². The van der Waals surface area contributed by atoms with Crippen LogP contribution in [0.15, 0.2) is 72.8 Å². The monoisotopic (exact) mass is 350 g/mol. The van der Waals surface area contributed by atoms with Gasteiger partial charge in [-0.15, -0.1) is 0 Å². The lowest BCUT2D eigenvalue weighted by molar-refractivity contribution is 0.493. The average Bonchev–Trinajstić information content (AvgIpc) is 2.70. The van der Waals surface area contributed by atoms with E-state index in [0.717, 1.165) is 11.6 Å². The molecule has 2 aromatic carbocycles. The molecule has 1 aliphatic rings. The van der Waals surface area contributed by atoms with Crippen LogP contribution in [-0.2, 0) is 0 Å². The van der Waals surface area contributed by atoms with Crippen LogP contribution in [0.1, 0.15) is 51.9 Å². The Morgan fingerprint density at radius 2 is 1.32 bits per heavy atom. The number of allylic oxidation sites excluding steroid dienone is 2. The predicted molar refractivity (Wildman–Crippen MR) is 113 cm³/mol. The summed E-state index contributed by atoms with van der Waals surface area (Å²) in [7, 11) is -0.272. The van der Waals surface area contributed by atoms with Crippen molar-refractivity contribution in [2.75, 3.05) is 0 Å². The second kappa shape index (κ2) is 9.93. The molecule has 3 rings (SSSR count). The van der Waals surface area contributed by atoms with Crippen LogP contribution in [-0.4, -0.2) is 5.66 Å². The van der Waals surface area contributed by atoms with Gasteiger partial charge in [-0.2, -0.15) is 0 Å². The smallest absolute Gasteiger partial charge is 0.0126 e. The van der Waals surface area contributed by atoms with E-state index in [9.17, 15) is 0 Å². The molecule has 0 bridgehead atoms. The first kappa shape index (κ1) is 18.4. The van der Waals surface area contributed by atoms with Crippen molar-refractivity contribution in [2.45, 2.75) is 57.5 Å². The van der Waals surface area contributed by atoms with Gasteiger partial charge in [-0.25, -0.2) is 0 Å². The van der Waals surface area contributed by atoms with Crippen molar-refractivity contribution < 1.29 is 0 Å². The molecule has 2 atom stereocenters. The molecule has 1 aliphatic carbocycles.